The highest BCUT2D eigenvalue weighted by molar-refractivity contribution is 6.04. The van der Waals surface area contributed by atoms with Crippen molar-refractivity contribution in [2.24, 2.45) is 0 Å². The van der Waals surface area contributed by atoms with E-state index in [9.17, 15) is 9.59 Å². The first kappa shape index (κ1) is 18.3. The zero-order chi connectivity index (χ0) is 19.1. The first-order valence-electron chi connectivity index (χ1n) is 8.52. The summed E-state index contributed by atoms with van der Waals surface area (Å²) >= 11 is 0. The minimum absolute atomic E-state index is 0.109. The van der Waals surface area contributed by atoms with Gasteiger partial charge in [0, 0.05) is 29.8 Å². The van der Waals surface area contributed by atoms with Gasteiger partial charge < -0.3 is 19.8 Å². The number of ether oxygens (including phenoxy) is 1. The summed E-state index contributed by atoms with van der Waals surface area (Å²) in [5.41, 5.74) is 1.82. The lowest BCUT2D eigenvalue weighted by molar-refractivity contribution is -0.116. The van der Waals surface area contributed by atoms with E-state index < -0.39 is 0 Å². The third kappa shape index (κ3) is 5.22. The van der Waals surface area contributed by atoms with Crippen LogP contribution in [0.2, 0.25) is 0 Å². The fourth-order valence-electron chi connectivity index (χ4n) is 2.50. The maximum atomic E-state index is 12.3. The fourth-order valence-corrected chi connectivity index (χ4v) is 2.50. The van der Waals surface area contributed by atoms with Gasteiger partial charge in [-0.3, -0.25) is 9.59 Å². The van der Waals surface area contributed by atoms with Crippen LogP contribution < -0.4 is 15.4 Å². The Kier molecular flexibility index (Phi) is 5.89. The smallest absolute Gasteiger partial charge is 0.255 e. The fraction of sp³-hybridized carbons (Fsp3) is 0.143. The Hall–Kier alpha value is -3.54. The summed E-state index contributed by atoms with van der Waals surface area (Å²) < 4.78 is 10.3. The summed E-state index contributed by atoms with van der Waals surface area (Å²) in [6, 6.07) is 17.5. The summed E-state index contributed by atoms with van der Waals surface area (Å²) in [5, 5.41) is 5.62. The minimum atomic E-state index is -0.226. The normalized spacial score (nSPS) is 10.3. The number of amides is 2. The lowest BCUT2D eigenvalue weighted by Gasteiger charge is -2.08. The average molecular weight is 364 g/mol. The summed E-state index contributed by atoms with van der Waals surface area (Å²) in [6.45, 7) is 0. The molecule has 0 saturated heterocycles. The summed E-state index contributed by atoms with van der Waals surface area (Å²) in [6.07, 6.45) is 2.46. The van der Waals surface area contributed by atoms with Crippen molar-refractivity contribution in [3.8, 4) is 5.75 Å². The van der Waals surface area contributed by atoms with E-state index >= 15 is 0 Å². The molecule has 3 aromatic rings. The van der Waals surface area contributed by atoms with Gasteiger partial charge in [0.1, 0.15) is 11.5 Å². The van der Waals surface area contributed by atoms with E-state index in [1.165, 1.54) is 0 Å². The van der Waals surface area contributed by atoms with Crippen LogP contribution >= 0.6 is 0 Å². The van der Waals surface area contributed by atoms with Crippen molar-refractivity contribution in [3.05, 3.63) is 78.3 Å². The van der Waals surface area contributed by atoms with Crippen molar-refractivity contribution in [1.29, 1.82) is 0 Å². The Morgan fingerprint density at radius 2 is 1.59 bits per heavy atom. The average Bonchev–Trinajstić information content (AvgIpc) is 3.21. The summed E-state index contributed by atoms with van der Waals surface area (Å²) in [7, 11) is 1.59. The Bertz CT molecular complexity index is 885. The van der Waals surface area contributed by atoms with Gasteiger partial charge in [-0.05, 0) is 60.7 Å². The van der Waals surface area contributed by atoms with E-state index in [0.717, 1.165) is 11.5 Å². The third-order valence-electron chi connectivity index (χ3n) is 3.96. The van der Waals surface area contributed by atoms with Gasteiger partial charge in [0.2, 0.25) is 5.91 Å². The molecule has 27 heavy (non-hydrogen) atoms. The van der Waals surface area contributed by atoms with Gasteiger partial charge in [0.25, 0.3) is 5.91 Å². The molecule has 1 heterocycles. The minimum Gasteiger partial charge on any atom is -0.497 e. The maximum Gasteiger partial charge on any atom is 0.255 e. The molecule has 0 spiro atoms. The topological polar surface area (TPSA) is 80.6 Å². The number of aryl methyl sites for hydroxylation is 1. The van der Waals surface area contributed by atoms with Crippen LogP contribution in [0.4, 0.5) is 11.4 Å². The molecular weight excluding hydrogens is 344 g/mol. The van der Waals surface area contributed by atoms with Crippen molar-refractivity contribution in [3.63, 3.8) is 0 Å². The van der Waals surface area contributed by atoms with Gasteiger partial charge in [0.05, 0.1) is 13.4 Å². The highest BCUT2D eigenvalue weighted by Gasteiger charge is 2.08. The molecule has 0 saturated carbocycles. The van der Waals surface area contributed by atoms with Gasteiger partial charge >= 0.3 is 0 Å². The zero-order valence-corrected chi connectivity index (χ0v) is 14.9. The van der Waals surface area contributed by atoms with Crippen LogP contribution in [0.15, 0.2) is 71.3 Å². The number of benzene rings is 2. The Balaban J connectivity index is 1.52. The molecule has 6 nitrogen and oxygen atoms in total. The van der Waals surface area contributed by atoms with Crippen molar-refractivity contribution < 1.29 is 18.7 Å². The molecular formula is C21H20N2O4. The highest BCUT2D eigenvalue weighted by Crippen LogP contribution is 2.17. The van der Waals surface area contributed by atoms with Crippen LogP contribution in [0, 0.1) is 0 Å². The largest absolute Gasteiger partial charge is 0.497 e. The van der Waals surface area contributed by atoms with E-state index in [0.29, 0.717) is 29.8 Å². The second-order valence-corrected chi connectivity index (χ2v) is 5.89. The molecule has 2 aromatic carbocycles. The molecule has 138 valence electrons. The predicted molar refractivity (Wildman–Crippen MR) is 103 cm³/mol. The second-order valence-electron chi connectivity index (χ2n) is 5.89. The number of anilines is 2. The number of carbonyl (C=O) groups is 2. The first-order chi connectivity index (χ1) is 13.1. The van der Waals surface area contributed by atoms with Crippen LogP contribution in [0.1, 0.15) is 22.5 Å². The van der Waals surface area contributed by atoms with Gasteiger partial charge in [-0.15, -0.1) is 0 Å². The molecule has 0 radical (unpaired) electrons. The van der Waals surface area contributed by atoms with Crippen molar-refractivity contribution in [2.75, 3.05) is 17.7 Å². The molecule has 0 bridgehead atoms. The van der Waals surface area contributed by atoms with Crippen LogP contribution in [0.25, 0.3) is 0 Å². The van der Waals surface area contributed by atoms with Crippen LogP contribution in [0.3, 0.4) is 0 Å². The third-order valence-corrected chi connectivity index (χ3v) is 3.96. The molecule has 3 rings (SSSR count). The van der Waals surface area contributed by atoms with E-state index in [1.807, 2.05) is 6.07 Å². The van der Waals surface area contributed by atoms with E-state index in [2.05, 4.69) is 10.6 Å². The molecule has 0 unspecified atom stereocenters. The number of rotatable bonds is 7. The standard InChI is InChI=1S/C21H20N2O4/c1-26-18-10-8-17(9-11-18)23-21(25)15-4-6-16(7-5-15)22-20(24)13-12-19-3-2-14-27-19/h2-11,14H,12-13H2,1H3,(H,22,24)(H,23,25). The quantitative estimate of drug-likeness (QED) is 0.661. The molecule has 0 aliphatic rings. The van der Waals surface area contributed by atoms with Gasteiger partial charge in [0.15, 0.2) is 0 Å². The monoisotopic (exact) mass is 364 g/mol. The highest BCUT2D eigenvalue weighted by atomic mass is 16.5. The number of methoxy groups -OCH3 is 1. The molecule has 6 heteroatoms. The van der Waals surface area contributed by atoms with Crippen molar-refractivity contribution in [1.82, 2.24) is 0 Å². The van der Waals surface area contributed by atoms with Crippen LogP contribution in [-0.4, -0.2) is 18.9 Å². The second kappa shape index (κ2) is 8.71. The van der Waals surface area contributed by atoms with Gasteiger partial charge in [-0.1, -0.05) is 0 Å². The summed E-state index contributed by atoms with van der Waals surface area (Å²) in [4.78, 5) is 24.3. The SMILES string of the molecule is COc1ccc(NC(=O)c2ccc(NC(=O)CCc3ccco3)cc2)cc1. The molecule has 0 fully saturated rings. The van der Waals surface area contributed by atoms with Gasteiger partial charge in [-0.2, -0.15) is 0 Å². The molecule has 0 atom stereocenters. The molecule has 0 aliphatic carbocycles. The molecule has 1 aromatic heterocycles. The predicted octanol–water partition coefficient (Wildman–Crippen LogP) is 4.11. The molecule has 2 amide bonds. The van der Waals surface area contributed by atoms with Crippen LogP contribution in [0.5, 0.6) is 5.75 Å². The zero-order valence-electron chi connectivity index (χ0n) is 14.9. The van der Waals surface area contributed by atoms with Crippen LogP contribution in [-0.2, 0) is 11.2 Å². The lowest BCUT2D eigenvalue weighted by Crippen LogP contribution is -2.14. The Morgan fingerprint density at radius 3 is 2.22 bits per heavy atom. The Morgan fingerprint density at radius 1 is 0.926 bits per heavy atom. The Labute approximate surface area is 157 Å². The first-order valence-corrected chi connectivity index (χ1v) is 8.52. The number of nitrogens with one attached hydrogen (secondary N) is 2. The summed E-state index contributed by atoms with van der Waals surface area (Å²) in [5.74, 6) is 1.16. The maximum absolute atomic E-state index is 12.3. The van der Waals surface area contributed by atoms with Crippen molar-refractivity contribution in [2.45, 2.75) is 12.8 Å². The van der Waals surface area contributed by atoms with E-state index in [-0.39, 0.29) is 11.8 Å². The van der Waals surface area contributed by atoms with Crippen molar-refractivity contribution >= 4 is 23.2 Å². The number of hydrogen-bond donors (Lipinski definition) is 2. The number of carbonyl (C=O) groups excluding carboxylic acids is 2. The molecule has 0 aliphatic heterocycles. The van der Waals surface area contributed by atoms with Gasteiger partial charge in [-0.25, -0.2) is 0 Å². The van der Waals surface area contributed by atoms with E-state index in [1.54, 1.807) is 68.0 Å². The number of furan rings is 1. The molecule has 2 N–H and O–H groups in total. The number of hydrogen-bond acceptors (Lipinski definition) is 4. The van der Waals surface area contributed by atoms with E-state index in [4.69, 9.17) is 9.15 Å². The lowest BCUT2D eigenvalue weighted by atomic mass is 10.1.